The summed E-state index contributed by atoms with van der Waals surface area (Å²) in [5.41, 5.74) is 3.07. The van der Waals surface area contributed by atoms with Crippen LogP contribution in [0.1, 0.15) is 26.5 Å². The van der Waals surface area contributed by atoms with Gasteiger partial charge in [0.1, 0.15) is 0 Å². The van der Waals surface area contributed by atoms with Crippen LogP contribution >= 0.6 is 0 Å². The molecule has 2 heterocycles. The lowest BCUT2D eigenvalue weighted by molar-refractivity contribution is 0.0786. The average molecular weight is 419 g/mol. The normalized spacial score (nSPS) is 13.6. The van der Waals surface area contributed by atoms with E-state index >= 15 is 0 Å². The van der Waals surface area contributed by atoms with Gasteiger partial charge in [-0.25, -0.2) is 0 Å². The number of para-hydroxylation sites is 1. The molecule has 0 saturated carbocycles. The summed E-state index contributed by atoms with van der Waals surface area (Å²) in [6.45, 7) is 3.73. The zero-order chi connectivity index (χ0) is 21.6. The number of furan rings is 1. The van der Waals surface area contributed by atoms with Crippen LogP contribution in [-0.2, 0) is 11.3 Å². The molecule has 0 unspecified atom stereocenters. The van der Waals surface area contributed by atoms with Crippen molar-refractivity contribution >= 4 is 23.2 Å². The summed E-state index contributed by atoms with van der Waals surface area (Å²) in [6, 6.07) is 18.4. The molecular formula is C24H25N3O4. The fourth-order valence-electron chi connectivity index (χ4n) is 3.56. The highest BCUT2D eigenvalue weighted by molar-refractivity contribution is 6.07. The van der Waals surface area contributed by atoms with Crippen molar-refractivity contribution in [3.8, 4) is 0 Å². The predicted molar refractivity (Wildman–Crippen MR) is 118 cm³/mol. The van der Waals surface area contributed by atoms with E-state index in [0.29, 0.717) is 17.8 Å². The van der Waals surface area contributed by atoms with Gasteiger partial charge >= 0.3 is 0 Å². The summed E-state index contributed by atoms with van der Waals surface area (Å²) in [6.07, 6.45) is 1.43. The van der Waals surface area contributed by atoms with Crippen LogP contribution in [0.3, 0.4) is 0 Å². The number of carbonyl (C=O) groups is 2. The van der Waals surface area contributed by atoms with Gasteiger partial charge in [0.15, 0.2) is 5.76 Å². The number of anilines is 2. The van der Waals surface area contributed by atoms with Gasteiger partial charge in [0.2, 0.25) is 0 Å². The fourth-order valence-corrected chi connectivity index (χ4v) is 3.56. The molecule has 2 amide bonds. The molecule has 0 bridgehead atoms. The molecule has 1 aliphatic heterocycles. The third kappa shape index (κ3) is 4.95. The second-order valence-electron chi connectivity index (χ2n) is 7.40. The maximum Gasteiger partial charge on any atom is 0.291 e. The monoisotopic (exact) mass is 419 g/mol. The summed E-state index contributed by atoms with van der Waals surface area (Å²) in [5.74, 6) is -0.379. The second kappa shape index (κ2) is 9.49. The Labute approximate surface area is 181 Å². The van der Waals surface area contributed by atoms with Gasteiger partial charge in [-0.3, -0.25) is 9.59 Å². The minimum absolute atomic E-state index is 0.174. The molecule has 2 aromatic carbocycles. The predicted octanol–water partition coefficient (Wildman–Crippen LogP) is 3.64. The number of hydrogen-bond donors (Lipinski definition) is 1. The van der Waals surface area contributed by atoms with Crippen LogP contribution in [0.15, 0.2) is 71.3 Å². The van der Waals surface area contributed by atoms with Crippen molar-refractivity contribution in [3.63, 3.8) is 0 Å². The molecule has 160 valence electrons. The van der Waals surface area contributed by atoms with Crippen LogP contribution in [0.5, 0.6) is 0 Å². The zero-order valence-electron chi connectivity index (χ0n) is 17.4. The van der Waals surface area contributed by atoms with E-state index in [1.807, 2.05) is 12.1 Å². The molecule has 7 nitrogen and oxygen atoms in total. The van der Waals surface area contributed by atoms with Crippen LogP contribution in [0.4, 0.5) is 11.4 Å². The molecule has 1 saturated heterocycles. The number of rotatable bonds is 6. The Hall–Kier alpha value is -3.58. The average Bonchev–Trinajstić information content (AvgIpc) is 3.35. The number of ether oxygens (including phenoxy) is 1. The summed E-state index contributed by atoms with van der Waals surface area (Å²) < 4.78 is 10.5. The molecule has 0 radical (unpaired) electrons. The number of hydrogen-bond acceptors (Lipinski definition) is 5. The summed E-state index contributed by atoms with van der Waals surface area (Å²) in [5, 5.41) is 2.76. The minimum atomic E-state index is -0.397. The van der Waals surface area contributed by atoms with Crippen molar-refractivity contribution in [3.05, 3.63) is 83.8 Å². The Kier molecular flexibility index (Phi) is 6.33. The van der Waals surface area contributed by atoms with Gasteiger partial charge in [-0.05, 0) is 42.0 Å². The van der Waals surface area contributed by atoms with Gasteiger partial charge in [0.25, 0.3) is 11.8 Å². The Morgan fingerprint density at radius 2 is 1.74 bits per heavy atom. The molecule has 1 N–H and O–H groups in total. The molecule has 0 spiro atoms. The van der Waals surface area contributed by atoms with E-state index in [1.165, 1.54) is 6.26 Å². The first-order chi connectivity index (χ1) is 15.1. The largest absolute Gasteiger partial charge is 0.459 e. The van der Waals surface area contributed by atoms with Crippen molar-refractivity contribution < 1.29 is 18.7 Å². The van der Waals surface area contributed by atoms with Crippen LogP contribution in [0.2, 0.25) is 0 Å². The van der Waals surface area contributed by atoms with Crippen LogP contribution < -0.4 is 10.2 Å². The van der Waals surface area contributed by atoms with Gasteiger partial charge in [-0.15, -0.1) is 0 Å². The lowest BCUT2D eigenvalue weighted by atomic mass is 10.1. The van der Waals surface area contributed by atoms with Crippen molar-refractivity contribution in [2.75, 3.05) is 43.6 Å². The molecule has 1 aliphatic rings. The number of morpholine rings is 1. The molecule has 31 heavy (non-hydrogen) atoms. The fraction of sp³-hybridized carbons (Fsp3) is 0.250. The van der Waals surface area contributed by atoms with Crippen molar-refractivity contribution in [2.24, 2.45) is 0 Å². The Morgan fingerprint density at radius 1 is 1.00 bits per heavy atom. The first kappa shape index (κ1) is 20.7. The molecule has 1 fully saturated rings. The Morgan fingerprint density at radius 3 is 2.45 bits per heavy atom. The second-order valence-corrected chi connectivity index (χ2v) is 7.40. The Bertz CT molecular complexity index is 1030. The number of nitrogens with one attached hydrogen (secondary N) is 1. The third-order valence-corrected chi connectivity index (χ3v) is 5.23. The Balaban J connectivity index is 1.43. The van der Waals surface area contributed by atoms with Gasteiger partial charge in [-0.2, -0.15) is 0 Å². The van der Waals surface area contributed by atoms with Gasteiger partial charge < -0.3 is 24.3 Å². The van der Waals surface area contributed by atoms with E-state index in [-0.39, 0.29) is 11.7 Å². The van der Waals surface area contributed by atoms with Crippen LogP contribution in [-0.4, -0.2) is 50.1 Å². The molecule has 3 aromatic rings. The molecule has 1 aromatic heterocycles. The number of amides is 2. The first-order valence-corrected chi connectivity index (χ1v) is 10.2. The lowest BCUT2D eigenvalue weighted by Gasteiger charge is -2.29. The van der Waals surface area contributed by atoms with E-state index in [0.717, 1.165) is 37.6 Å². The van der Waals surface area contributed by atoms with Gasteiger partial charge in [0.05, 0.1) is 30.7 Å². The van der Waals surface area contributed by atoms with Crippen molar-refractivity contribution in [2.45, 2.75) is 6.54 Å². The summed E-state index contributed by atoms with van der Waals surface area (Å²) >= 11 is 0. The number of benzene rings is 2. The zero-order valence-corrected chi connectivity index (χ0v) is 17.4. The quantitative estimate of drug-likeness (QED) is 0.660. The molecule has 4 rings (SSSR count). The molecular weight excluding hydrogens is 394 g/mol. The maximum atomic E-state index is 13.1. The van der Waals surface area contributed by atoms with Crippen molar-refractivity contribution in [1.82, 2.24) is 4.90 Å². The summed E-state index contributed by atoms with van der Waals surface area (Å²) in [4.78, 5) is 29.3. The SMILES string of the molecule is CN(Cc1ccc(N2CCOCC2)cc1)C(=O)c1ccccc1NC(=O)c1ccco1. The highest BCUT2D eigenvalue weighted by Crippen LogP contribution is 2.21. The smallest absolute Gasteiger partial charge is 0.291 e. The standard InChI is InChI=1S/C24H25N3O4/c1-26(17-18-8-10-19(11-9-18)27-12-15-30-16-13-27)24(29)20-5-2-3-6-21(20)25-23(28)22-7-4-14-31-22/h2-11,14H,12-13,15-17H2,1H3,(H,25,28). The lowest BCUT2D eigenvalue weighted by Crippen LogP contribution is -2.36. The van der Waals surface area contributed by atoms with Gasteiger partial charge in [-0.1, -0.05) is 24.3 Å². The number of nitrogens with zero attached hydrogens (tertiary/aromatic N) is 2. The van der Waals surface area contributed by atoms with Crippen LogP contribution in [0, 0.1) is 0 Å². The highest BCUT2D eigenvalue weighted by atomic mass is 16.5. The van der Waals surface area contributed by atoms with E-state index < -0.39 is 5.91 Å². The van der Waals surface area contributed by atoms with E-state index in [9.17, 15) is 9.59 Å². The van der Waals surface area contributed by atoms with Gasteiger partial charge in [0, 0.05) is 32.4 Å². The number of carbonyl (C=O) groups excluding carboxylic acids is 2. The highest BCUT2D eigenvalue weighted by Gasteiger charge is 2.19. The van der Waals surface area contributed by atoms with Crippen LogP contribution in [0.25, 0.3) is 0 Å². The summed E-state index contributed by atoms with van der Waals surface area (Å²) in [7, 11) is 1.75. The topological polar surface area (TPSA) is 75.0 Å². The molecule has 0 atom stereocenters. The molecule has 7 heteroatoms. The first-order valence-electron chi connectivity index (χ1n) is 10.2. The van der Waals surface area contributed by atoms with E-state index in [1.54, 1.807) is 48.3 Å². The minimum Gasteiger partial charge on any atom is -0.459 e. The molecule has 0 aliphatic carbocycles. The maximum absolute atomic E-state index is 13.1. The third-order valence-electron chi connectivity index (χ3n) is 5.23. The van der Waals surface area contributed by atoms with Crippen molar-refractivity contribution in [1.29, 1.82) is 0 Å². The van der Waals surface area contributed by atoms with E-state index in [2.05, 4.69) is 22.3 Å². The van der Waals surface area contributed by atoms with E-state index in [4.69, 9.17) is 9.15 Å².